The minimum atomic E-state index is -1.29. The maximum absolute atomic E-state index is 14.7. The van der Waals surface area contributed by atoms with Crippen molar-refractivity contribution in [1.29, 1.82) is 0 Å². The Bertz CT molecular complexity index is 3980. The van der Waals surface area contributed by atoms with Crippen LogP contribution < -0.4 is 27.0 Å². The number of aromatic nitrogens is 2. The number of nitrogens with one attached hydrogen (secondary N) is 4. The molecular formula is C81H109F3IN9O16S2. The molecule has 4 heterocycles. The van der Waals surface area contributed by atoms with Crippen molar-refractivity contribution in [3.05, 3.63) is 139 Å². The third-order valence-electron chi connectivity index (χ3n) is 18.8. The minimum absolute atomic E-state index is 0.0168. The number of amides is 4. The molecule has 4 amide bonds. The van der Waals surface area contributed by atoms with E-state index in [0.29, 0.717) is 95.6 Å². The molecule has 0 unspecified atom stereocenters. The fourth-order valence-electron chi connectivity index (χ4n) is 12.5. The Morgan fingerprint density at radius 1 is 0.571 bits per heavy atom. The minimum Gasteiger partial charge on any atom is -0.391 e. The van der Waals surface area contributed by atoms with Crippen LogP contribution >= 0.6 is 45.3 Å². The molecule has 8 N–H and O–H groups in total. The molecule has 614 valence electrons. The van der Waals surface area contributed by atoms with Crippen molar-refractivity contribution in [2.45, 2.75) is 138 Å². The first-order chi connectivity index (χ1) is 53.5. The molecule has 4 aromatic carbocycles. The van der Waals surface area contributed by atoms with E-state index < -0.39 is 75.9 Å². The first-order valence-electron chi connectivity index (χ1n) is 37.8. The van der Waals surface area contributed by atoms with E-state index in [1.165, 1.54) is 21.9 Å². The van der Waals surface area contributed by atoms with Gasteiger partial charge in [0.2, 0.25) is 23.6 Å². The smallest absolute Gasteiger partial charge is 0.243 e. The van der Waals surface area contributed by atoms with Crippen molar-refractivity contribution in [3.8, 4) is 20.9 Å². The lowest BCUT2D eigenvalue weighted by Gasteiger charge is -2.34. The number of carbonyl (C=O) groups excluding carboxylic acids is 7. The maximum Gasteiger partial charge on any atom is 0.243 e. The summed E-state index contributed by atoms with van der Waals surface area (Å²) in [4.78, 5) is 107. The SMILES string of the molecule is Cc1ncsc1-c1ccc(CNC(=O)[C@@H]2C[C@@H](O)CN2C(=O)[C@@H](CC(=O)CCOCCOCCOCCN)C(C)(C)C)cc1.Cc1ncsc1-c1ccc(CNC(=O)[C@@H]2C[C@@H](O)CN2C(=O)[C@@H](CC(=O)CCOCCOCCOCCNCCCOCC(=O)c2ccc(F)c(F)c2Nc2ccc(I)cc2F)C(C)(C)C)cc1. The molecule has 31 heteroatoms. The molecule has 2 saturated heterocycles. The molecule has 6 aromatic rings. The van der Waals surface area contributed by atoms with Crippen molar-refractivity contribution in [2.75, 3.05) is 131 Å². The van der Waals surface area contributed by atoms with Crippen LogP contribution in [0.25, 0.3) is 20.9 Å². The molecule has 2 aromatic heterocycles. The molecule has 0 aliphatic carbocycles. The van der Waals surface area contributed by atoms with E-state index in [0.717, 1.165) is 55.5 Å². The number of aryl methyl sites for hydroxylation is 2. The average molecular weight is 1710 g/mol. The summed E-state index contributed by atoms with van der Waals surface area (Å²) in [6, 6.07) is 20.3. The number of halogens is 4. The van der Waals surface area contributed by atoms with Gasteiger partial charge in [0.05, 0.1) is 135 Å². The molecule has 8 rings (SSSR count). The van der Waals surface area contributed by atoms with Gasteiger partial charge in [-0.2, -0.15) is 0 Å². The summed E-state index contributed by atoms with van der Waals surface area (Å²) in [6.07, 6.45) is -0.509. The Morgan fingerprint density at radius 2 is 1.02 bits per heavy atom. The van der Waals surface area contributed by atoms with Crippen molar-refractivity contribution in [3.63, 3.8) is 0 Å². The van der Waals surface area contributed by atoms with Gasteiger partial charge in [0.1, 0.15) is 36.1 Å². The van der Waals surface area contributed by atoms with Crippen LogP contribution in [0.2, 0.25) is 0 Å². The van der Waals surface area contributed by atoms with E-state index in [2.05, 4.69) is 31.2 Å². The van der Waals surface area contributed by atoms with E-state index in [-0.39, 0.29) is 138 Å². The number of ketones is 3. The van der Waals surface area contributed by atoms with Crippen LogP contribution in [0.3, 0.4) is 0 Å². The molecule has 2 aliphatic rings. The van der Waals surface area contributed by atoms with Gasteiger partial charge in [0, 0.05) is 105 Å². The Morgan fingerprint density at radius 3 is 1.45 bits per heavy atom. The normalized spacial score (nSPS) is 16.2. The number of nitrogens with zero attached hydrogens (tertiary/aromatic N) is 4. The predicted octanol–water partition coefficient (Wildman–Crippen LogP) is 10.1. The maximum atomic E-state index is 14.7. The van der Waals surface area contributed by atoms with Crippen LogP contribution in [0, 0.1) is 57.5 Å². The molecule has 0 saturated carbocycles. The molecule has 2 aliphatic heterocycles. The molecular weight excluding hydrogens is 1600 g/mol. The molecule has 2 fully saturated rings. The van der Waals surface area contributed by atoms with Gasteiger partial charge in [-0.05, 0) is 113 Å². The highest BCUT2D eigenvalue weighted by molar-refractivity contribution is 14.1. The van der Waals surface area contributed by atoms with Crippen LogP contribution in [-0.4, -0.2) is 220 Å². The number of carbonyl (C=O) groups is 7. The van der Waals surface area contributed by atoms with Crippen molar-refractivity contribution in [1.82, 2.24) is 35.7 Å². The standard InChI is InChI=1S/C49H61F3IN5O9S.C32H48N4O7S/c1-31-46(68-30-56-31)33-8-6-32(7-9-33)27-55-47(62)42-26-36(60)28-58(42)48(63)38(49(2,3)4)25-35(59)14-18-64-20-22-66-23-21-65-19-16-54-15-5-17-67-29-43(61)37-11-12-39(50)44(52)45(37)57-41-13-10-34(53)24-40(41)51;1-22-29(44-21-35-22)24-7-5-23(6-8-24)19-34-30(39)28-18-26(38)20-36(28)31(40)27(32(2,3)4)17-25(37)9-11-41-13-15-43-16-14-42-12-10-33/h6-13,24,30,36,38,42,54,57,60H,5,14-23,25-29H2,1-4H3,(H,55,62);5-8,21,26-28,38H,9-20,33H2,1-4H3,(H,34,39)/t36-,38-,42+;26-,27-,28+/m11/s1. The van der Waals surface area contributed by atoms with E-state index in [1.807, 2.05) is 132 Å². The second kappa shape index (κ2) is 47.1. The zero-order valence-corrected chi connectivity index (χ0v) is 69.0. The number of anilines is 2. The van der Waals surface area contributed by atoms with Gasteiger partial charge in [0.25, 0.3) is 0 Å². The summed E-state index contributed by atoms with van der Waals surface area (Å²) in [5.41, 5.74) is 13.0. The second-order valence-electron chi connectivity index (χ2n) is 29.6. The van der Waals surface area contributed by atoms with Crippen LogP contribution in [0.5, 0.6) is 0 Å². The number of thiazole rings is 2. The topological polar surface area (TPSA) is 331 Å². The number of hydrogen-bond donors (Lipinski definition) is 7. The van der Waals surface area contributed by atoms with Crippen LogP contribution in [0.15, 0.2) is 89.9 Å². The summed E-state index contributed by atoms with van der Waals surface area (Å²) in [6.45, 7) is 21.7. The summed E-state index contributed by atoms with van der Waals surface area (Å²) in [7, 11) is 0. The van der Waals surface area contributed by atoms with Crippen molar-refractivity contribution in [2.24, 2.45) is 28.4 Å². The summed E-state index contributed by atoms with van der Waals surface area (Å²) in [5.74, 6) is -6.60. The van der Waals surface area contributed by atoms with Gasteiger partial charge in [-0.25, -0.2) is 23.1 Å². The fraction of sp³-hybridized carbons (Fsp3) is 0.543. The Kier molecular flexibility index (Phi) is 38.7. The number of aliphatic hydroxyl groups excluding tert-OH is 2. The second-order valence-corrected chi connectivity index (χ2v) is 32.5. The van der Waals surface area contributed by atoms with E-state index in [1.54, 1.807) is 34.3 Å². The highest BCUT2D eigenvalue weighted by Gasteiger charge is 2.46. The zero-order chi connectivity index (χ0) is 81.3. The first-order valence-corrected chi connectivity index (χ1v) is 40.6. The summed E-state index contributed by atoms with van der Waals surface area (Å²) in [5, 5.41) is 32.6. The number of benzene rings is 4. The third-order valence-corrected chi connectivity index (χ3v) is 21.4. The van der Waals surface area contributed by atoms with Crippen LogP contribution in [0.4, 0.5) is 24.5 Å². The number of ether oxygens (including phenoxy) is 7. The number of rotatable bonds is 46. The Hall–Kier alpha value is -7.09. The van der Waals surface area contributed by atoms with Crippen LogP contribution in [0.1, 0.15) is 119 Å². The zero-order valence-electron chi connectivity index (χ0n) is 65.2. The number of aliphatic hydroxyl groups is 2. The van der Waals surface area contributed by atoms with Crippen molar-refractivity contribution < 1.29 is 90.1 Å². The number of hydrogen-bond acceptors (Lipinski definition) is 23. The van der Waals surface area contributed by atoms with Gasteiger partial charge in [0.15, 0.2) is 17.4 Å². The lowest BCUT2D eigenvalue weighted by atomic mass is 9.76. The van der Waals surface area contributed by atoms with Gasteiger partial charge >= 0.3 is 0 Å². The molecule has 0 radical (unpaired) electrons. The Balaban J connectivity index is 0.000000341. The molecule has 0 spiro atoms. The monoisotopic (exact) mass is 1710 g/mol. The third kappa shape index (κ3) is 29.9. The first kappa shape index (κ1) is 92.1. The largest absolute Gasteiger partial charge is 0.391 e. The highest BCUT2D eigenvalue weighted by atomic mass is 127. The number of Topliss-reactive ketones (excluding diaryl/α,β-unsaturated/α-hetero) is 3. The molecule has 112 heavy (non-hydrogen) atoms. The van der Waals surface area contributed by atoms with Gasteiger partial charge in [-0.3, -0.25) is 33.6 Å². The van der Waals surface area contributed by atoms with Gasteiger partial charge < -0.3 is 80.2 Å². The fourth-order valence-corrected chi connectivity index (χ4v) is 14.6. The van der Waals surface area contributed by atoms with Crippen LogP contribution in [-0.2, 0) is 75.0 Å². The number of β-amino-alcohol motifs (C(OH)–C–C–N with tert-alkyl or cyclic N) is 2. The van der Waals surface area contributed by atoms with Crippen molar-refractivity contribution >= 4 is 97.6 Å². The van der Waals surface area contributed by atoms with Gasteiger partial charge in [-0.15, -0.1) is 22.7 Å². The lowest BCUT2D eigenvalue weighted by molar-refractivity contribution is -0.146. The lowest BCUT2D eigenvalue weighted by Crippen LogP contribution is -2.50. The average Bonchev–Trinajstić information content (AvgIpc) is 1.62. The summed E-state index contributed by atoms with van der Waals surface area (Å²) < 4.78 is 82.0. The number of nitrogens with two attached hydrogens (primary N) is 1. The van der Waals surface area contributed by atoms with E-state index >= 15 is 0 Å². The number of likely N-dealkylation sites (tertiary alicyclic amines) is 2. The van der Waals surface area contributed by atoms with E-state index in [9.17, 15) is 56.9 Å². The summed E-state index contributed by atoms with van der Waals surface area (Å²) >= 11 is 5.07. The van der Waals surface area contributed by atoms with Gasteiger partial charge in [-0.1, -0.05) is 90.1 Å². The highest BCUT2D eigenvalue weighted by Crippen LogP contribution is 2.37. The quantitative estimate of drug-likeness (QED) is 0.0106. The molecule has 0 bridgehead atoms. The molecule has 6 atom stereocenters. The molecule has 25 nitrogen and oxygen atoms in total. The van der Waals surface area contributed by atoms with E-state index in [4.69, 9.17) is 38.9 Å². The Labute approximate surface area is 675 Å². The predicted molar refractivity (Wildman–Crippen MR) is 430 cm³/mol.